The standard InChI is InChI=1S/C11H13NOS/c1-3-4-10(13)5-9(2)6-11-7-12-8-14-11/h7-9H,5-6H2,1-2H3. The third-order valence-corrected chi connectivity index (χ3v) is 2.63. The number of thiazole rings is 1. The van der Waals surface area contributed by atoms with Crippen molar-refractivity contribution in [2.75, 3.05) is 0 Å². The van der Waals surface area contributed by atoms with Gasteiger partial charge in [-0.3, -0.25) is 9.78 Å². The second-order valence-corrected chi connectivity index (χ2v) is 4.25. The summed E-state index contributed by atoms with van der Waals surface area (Å²) in [7, 11) is 0. The molecule has 0 bridgehead atoms. The summed E-state index contributed by atoms with van der Waals surface area (Å²) in [5.41, 5.74) is 1.82. The molecule has 0 saturated carbocycles. The van der Waals surface area contributed by atoms with E-state index in [-0.39, 0.29) is 5.78 Å². The van der Waals surface area contributed by atoms with E-state index in [0.717, 1.165) is 6.42 Å². The van der Waals surface area contributed by atoms with Crippen molar-refractivity contribution in [3.05, 3.63) is 16.6 Å². The maximum atomic E-state index is 11.2. The molecule has 0 radical (unpaired) electrons. The molecule has 0 aromatic carbocycles. The van der Waals surface area contributed by atoms with Gasteiger partial charge in [0, 0.05) is 17.5 Å². The predicted octanol–water partition coefficient (Wildman–Crippen LogP) is 2.30. The van der Waals surface area contributed by atoms with E-state index in [4.69, 9.17) is 0 Å². The molecule has 1 aromatic heterocycles. The molecule has 14 heavy (non-hydrogen) atoms. The number of hydrogen-bond donors (Lipinski definition) is 0. The molecular weight excluding hydrogens is 194 g/mol. The zero-order valence-electron chi connectivity index (χ0n) is 8.41. The highest BCUT2D eigenvalue weighted by Crippen LogP contribution is 2.14. The molecule has 2 nitrogen and oxygen atoms in total. The second-order valence-electron chi connectivity index (χ2n) is 3.28. The first-order chi connectivity index (χ1) is 6.72. The number of carbonyl (C=O) groups is 1. The van der Waals surface area contributed by atoms with Crippen LogP contribution in [0.25, 0.3) is 0 Å². The van der Waals surface area contributed by atoms with Gasteiger partial charge in [-0.25, -0.2) is 0 Å². The first kappa shape index (κ1) is 10.9. The van der Waals surface area contributed by atoms with E-state index in [0.29, 0.717) is 12.3 Å². The van der Waals surface area contributed by atoms with Crippen molar-refractivity contribution in [2.45, 2.75) is 26.7 Å². The molecule has 3 heteroatoms. The third-order valence-electron chi connectivity index (χ3n) is 1.83. The molecular formula is C11H13NOS. The zero-order valence-corrected chi connectivity index (χ0v) is 9.23. The lowest BCUT2D eigenvalue weighted by atomic mass is 10.0. The fourth-order valence-corrected chi connectivity index (χ4v) is 2.03. The van der Waals surface area contributed by atoms with Crippen molar-refractivity contribution in [1.29, 1.82) is 0 Å². The van der Waals surface area contributed by atoms with Crippen LogP contribution in [0.5, 0.6) is 0 Å². The summed E-state index contributed by atoms with van der Waals surface area (Å²) in [5.74, 6) is 5.56. The van der Waals surface area contributed by atoms with Crippen molar-refractivity contribution in [2.24, 2.45) is 5.92 Å². The fourth-order valence-electron chi connectivity index (χ4n) is 1.27. The summed E-state index contributed by atoms with van der Waals surface area (Å²) >= 11 is 1.63. The maximum absolute atomic E-state index is 11.2. The third kappa shape index (κ3) is 3.71. The Balaban J connectivity index is 2.38. The highest BCUT2D eigenvalue weighted by molar-refractivity contribution is 7.09. The van der Waals surface area contributed by atoms with Gasteiger partial charge in [-0.2, -0.15) is 0 Å². The smallest absolute Gasteiger partial charge is 0.205 e. The summed E-state index contributed by atoms with van der Waals surface area (Å²) < 4.78 is 0. The van der Waals surface area contributed by atoms with Crippen LogP contribution in [0.4, 0.5) is 0 Å². The number of hydrogen-bond acceptors (Lipinski definition) is 3. The molecule has 1 rings (SSSR count). The van der Waals surface area contributed by atoms with Crippen LogP contribution in [0.3, 0.4) is 0 Å². The van der Waals surface area contributed by atoms with Gasteiger partial charge < -0.3 is 0 Å². The van der Waals surface area contributed by atoms with E-state index in [1.807, 2.05) is 11.7 Å². The summed E-state index contributed by atoms with van der Waals surface area (Å²) in [6.45, 7) is 3.75. The molecule has 1 atom stereocenters. The van der Waals surface area contributed by atoms with Crippen molar-refractivity contribution in [1.82, 2.24) is 4.98 Å². The van der Waals surface area contributed by atoms with Crippen LogP contribution in [0.1, 0.15) is 25.1 Å². The number of nitrogens with zero attached hydrogens (tertiary/aromatic N) is 1. The van der Waals surface area contributed by atoms with Crippen LogP contribution in [-0.2, 0) is 11.2 Å². The van der Waals surface area contributed by atoms with Gasteiger partial charge in [0.1, 0.15) is 0 Å². The van der Waals surface area contributed by atoms with Gasteiger partial charge in [0.15, 0.2) is 0 Å². The average molecular weight is 207 g/mol. The molecule has 0 fully saturated rings. The van der Waals surface area contributed by atoms with E-state index >= 15 is 0 Å². The lowest BCUT2D eigenvalue weighted by Crippen LogP contribution is -2.05. The van der Waals surface area contributed by atoms with Crippen molar-refractivity contribution in [3.63, 3.8) is 0 Å². The number of rotatable bonds is 4. The van der Waals surface area contributed by atoms with Gasteiger partial charge in [-0.1, -0.05) is 12.8 Å². The molecule has 1 unspecified atom stereocenters. The summed E-state index contributed by atoms with van der Waals surface area (Å²) in [4.78, 5) is 16.4. The summed E-state index contributed by atoms with van der Waals surface area (Å²) in [5, 5.41) is 0. The SMILES string of the molecule is CC#CC(=O)CC(C)Cc1cncs1. The number of ketones is 1. The summed E-state index contributed by atoms with van der Waals surface area (Å²) in [6.07, 6.45) is 3.32. The average Bonchev–Trinajstić information content (AvgIpc) is 2.56. The molecule has 1 heterocycles. The Hall–Kier alpha value is -1.14. The monoisotopic (exact) mass is 207 g/mol. The number of carbonyl (C=O) groups excluding carboxylic acids is 1. The van der Waals surface area contributed by atoms with Gasteiger partial charge in [0.05, 0.1) is 5.51 Å². The minimum absolute atomic E-state index is 0.0320. The maximum Gasteiger partial charge on any atom is 0.205 e. The molecule has 74 valence electrons. The minimum Gasteiger partial charge on any atom is -0.285 e. The molecule has 0 aliphatic heterocycles. The quantitative estimate of drug-likeness (QED) is 0.560. The Morgan fingerprint density at radius 1 is 1.71 bits per heavy atom. The second kappa shape index (κ2) is 5.56. The van der Waals surface area contributed by atoms with Crippen molar-refractivity contribution in [3.8, 4) is 11.8 Å². The van der Waals surface area contributed by atoms with E-state index in [1.54, 1.807) is 18.3 Å². The van der Waals surface area contributed by atoms with E-state index in [2.05, 4.69) is 23.7 Å². The molecule has 0 aliphatic carbocycles. The van der Waals surface area contributed by atoms with Crippen LogP contribution < -0.4 is 0 Å². The summed E-state index contributed by atoms with van der Waals surface area (Å²) in [6, 6.07) is 0. The van der Waals surface area contributed by atoms with Crippen LogP contribution in [-0.4, -0.2) is 10.8 Å². The molecule has 0 aliphatic rings. The van der Waals surface area contributed by atoms with E-state index < -0.39 is 0 Å². The predicted molar refractivity (Wildman–Crippen MR) is 58.1 cm³/mol. The minimum atomic E-state index is 0.0320. The molecule has 0 spiro atoms. The lowest BCUT2D eigenvalue weighted by molar-refractivity contribution is -0.114. The Morgan fingerprint density at radius 2 is 2.50 bits per heavy atom. The zero-order chi connectivity index (χ0) is 10.4. The van der Waals surface area contributed by atoms with Crippen LogP contribution in [0.15, 0.2) is 11.7 Å². The highest BCUT2D eigenvalue weighted by Gasteiger charge is 2.08. The highest BCUT2D eigenvalue weighted by atomic mass is 32.1. The van der Waals surface area contributed by atoms with Crippen molar-refractivity contribution < 1.29 is 4.79 Å². The Bertz CT molecular complexity index is 345. The van der Waals surface area contributed by atoms with Gasteiger partial charge in [0.25, 0.3) is 0 Å². The Morgan fingerprint density at radius 3 is 3.07 bits per heavy atom. The van der Waals surface area contributed by atoms with E-state index in [9.17, 15) is 4.79 Å². The lowest BCUT2D eigenvalue weighted by Gasteiger charge is -2.05. The molecule has 0 N–H and O–H groups in total. The van der Waals surface area contributed by atoms with Gasteiger partial charge in [0.2, 0.25) is 5.78 Å². The van der Waals surface area contributed by atoms with Crippen molar-refractivity contribution >= 4 is 17.1 Å². The molecule has 0 saturated heterocycles. The van der Waals surface area contributed by atoms with Crippen LogP contribution in [0.2, 0.25) is 0 Å². The normalized spacial score (nSPS) is 11.6. The Kier molecular flexibility index (Phi) is 4.34. The van der Waals surface area contributed by atoms with Gasteiger partial charge >= 0.3 is 0 Å². The fraction of sp³-hybridized carbons (Fsp3) is 0.455. The van der Waals surface area contributed by atoms with Gasteiger partial charge in [-0.15, -0.1) is 11.3 Å². The Labute approximate surface area is 88.4 Å². The van der Waals surface area contributed by atoms with Gasteiger partial charge in [-0.05, 0) is 25.2 Å². The molecule has 0 amide bonds. The largest absolute Gasteiger partial charge is 0.285 e. The van der Waals surface area contributed by atoms with Crippen LogP contribution in [0, 0.1) is 17.8 Å². The number of Topliss-reactive ketones (excluding diaryl/α,β-unsaturated/α-hetero) is 1. The first-order valence-corrected chi connectivity index (χ1v) is 5.43. The first-order valence-electron chi connectivity index (χ1n) is 4.55. The van der Waals surface area contributed by atoms with E-state index in [1.165, 1.54) is 4.88 Å². The molecule has 1 aromatic rings. The topological polar surface area (TPSA) is 30.0 Å². The van der Waals surface area contributed by atoms with Crippen LogP contribution >= 0.6 is 11.3 Å². The number of aromatic nitrogens is 1.